The van der Waals surface area contributed by atoms with Crippen LogP contribution in [0.3, 0.4) is 0 Å². The van der Waals surface area contributed by atoms with Crippen molar-refractivity contribution in [2.75, 3.05) is 50.0 Å². The fourth-order valence-corrected chi connectivity index (χ4v) is 2.85. The molecule has 0 aliphatic carbocycles. The Morgan fingerprint density at radius 1 is 1.37 bits per heavy atom. The maximum absolute atomic E-state index is 11.8. The number of carbonyl (C=O) groups is 1. The molecule has 0 spiro atoms. The second kappa shape index (κ2) is 5.19. The Morgan fingerprint density at radius 3 is 3.05 bits per heavy atom. The molecule has 0 radical (unpaired) electrons. The van der Waals surface area contributed by atoms with Crippen LogP contribution in [0.1, 0.15) is 0 Å². The number of hydrogen-bond donors (Lipinski definition) is 2. The number of carbonyl (C=O) groups excluding carboxylic acids is 1. The summed E-state index contributed by atoms with van der Waals surface area (Å²) in [6.45, 7) is 4.45. The van der Waals surface area contributed by atoms with E-state index in [0.29, 0.717) is 12.6 Å². The number of hydrogen-bond acceptors (Lipinski definition) is 4. The Hall–Kier alpha value is -1.59. The van der Waals surface area contributed by atoms with E-state index in [1.165, 1.54) is 0 Å². The summed E-state index contributed by atoms with van der Waals surface area (Å²) < 4.78 is 0. The zero-order valence-electron chi connectivity index (χ0n) is 11.2. The molecule has 2 heterocycles. The number of para-hydroxylation sites is 2. The molecule has 1 atom stereocenters. The Balaban J connectivity index is 1.75. The van der Waals surface area contributed by atoms with Gasteiger partial charge in [-0.2, -0.15) is 0 Å². The molecule has 1 amide bonds. The highest BCUT2D eigenvalue weighted by atomic mass is 16.2. The zero-order chi connectivity index (χ0) is 13.2. The largest absolute Gasteiger partial charge is 0.359 e. The summed E-state index contributed by atoms with van der Waals surface area (Å²) in [6, 6.07) is 8.41. The van der Waals surface area contributed by atoms with Crippen LogP contribution < -0.4 is 15.5 Å². The number of fused-ring (bicyclic) bond motifs is 1. The molecular formula is C14H20N4O. The molecule has 2 aliphatic rings. The SMILES string of the molecule is CN1CCNC(CN2CC(=O)Nc3ccccc32)C1. The van der Waals surface area contributed by atoms with Crippen LogP contribution >= 0.6 is 0 Å². The Kier molecular flexibility index (Phi) is 3.40. The second-order valence-corrected chi connectivity index (χ2v) is 5.36. The topological polar surface area (TPSA) is 47.6 Å². The van der Waals surface area contributed by atoms with Crippen molar-refractivity contribution >= 4 is 17.3 Å². The number of piperazine rings is 1. The van der Waals surface area contributed by atoms with Gasteiger partial charge in [0.05, 0.1) is 17.9 Å². The van der Waals surface area contributed by atoms with E-state index in [1.807, 2.05) is 18.2 Å². The third-order valence-corrected chi connectivity index (χ3v) is 3.75. The predicted octanol–water partition coefficient (Wildman–Crippen LogP) is 0.349. The molecule has 0 saturated carbocycles. The van der Waals surface area contributed by atoms with Gasteiger partial charge in [-0.25, -0.2) is 0 Å². The van der Waals surface area contributed by atoms with Crippen molar-refractivity contribution in [2.45, 2.75) is 6.04 Å². The molecule has 1 saturated heterocycles. The van der Waals surface area contributed by atoms with Crippen LogP contribution in [0, 0.1) is 0 Å². The van der Waals surface area contributed by atoms with E-state index in [-0.39, 0.29) is 5.91 Å². The third-order valence-electron chi connectivity index (χ3n) is 3.75. The maximum Gasteiger partial charge on any atom is 0.243 e. The molecule has 2 N–H and O–H groups in total. The van der Waals surface area contributed by atoms with Crippen molar-refractivity contribution in [3.63, 3.8) is 0 Å². The molecule has 0 bridgehead atoms. The molecule has 0 aromatic heterocycles. The number of rotatable bonds is 2. The molecule has 102 valence electrons. The minimum absolute atomic E-state index is 0.0721. The lowest BCUT2D eigenvalue weighted by Crippen LogP contribution is -2.55. The summed E-state index contributed by atoms with van der Waals surface area (Å²) in [7, 11) is 2.14. The number of benzene rings is 1. The van der Waals surface area contributed by atoms with Gasteiger partial charge in [0.1, 0.15) is 0 Å². The summed E-state index contributed by atoms with van der Waals surface area (Å²) in [4.78, 5) is 16.3. The van der Waals surface area contributed by atoms with Gasteiger partial charge in [-0.1, -0.05) is 12.1 Å². The number of anilines is 2. The number of nitrogens with zero attached hydrogens (tertiary/aromatic N) is 2. The van der Waals surface area contributed by atoms with Crippen LogP contribution in [-0.2, 0) is 4.79 Å². The first-order valence-corrected chi connectivity index (χ1v) is 6.78. The molecule has 1 aromatic carbocycles. The van der Waals surface area contributed by atoms with E-state index in [0.717, 1.165) is 37.6 Å². The fraction of sp³-hybridized carbons (Fsp3) is 0.500. The van der Waals surface area contributed by atoms with Gasteiger partial charge in [-0.3, -0.25) is 4.79 Å². The average molecular weight is 260 g/mol. The molecule has 1 aromatic rings. The van der Waals surface area contributed by atoms with Crippen molar-refractivity contribution in [1.82, 2.24) is 10.2 Å². The lowest BCUT2D eigenvalue weighted by atomic mass is 10.1. The molecule has 5 heteroatoms. The van der Waals surface area contributed by atoms with Gasteiger partial charge in [-0.05, 0) is 19.2 Å². The monoisotopic (exact) mass is 260 g/mol. The van der Waals surface area contributed by atoms with Crippen LogP contribution in [-0.4, -0.2) is 56.6 Å². The quantitative estimate of drug-likeness (QED) is 0.805. The fourth-order valence-electron chi connectivity index (χ4n) is 2.85. The minimum Gasteiger partial charge on any atom is -0.359 e. The molecule has 2 aliphatic heterocycles. The normalized spacial score (nSPS) is 23.9. The summed E-state index contributed by atoms with van der Waals surface area (Å²) in [5, 5.41) is 6.45. The van der Waals surface area contributed by atoms with Gasteiger partial charge in [-0.15, -0.1) is 0 Å². The lowest BCUT2D eigenvalue weighted by Gasteiger charge is -2.37. The van der Waals surface area contributed by atoms with E-state index in [2.05, 4.69) is 33.5 Å². The van der Waals surface area contributed by atoms with Crippen molar-refractivity contribution in [2.24, 2.45) is 0 Å². The Bertz CT molecular complexity index is 476. The van der Waals surface area contributed by atoms with Gasteiger partial charge in [0.25, 0.3) is 0 Å². The van der Waals surface area contributed by atoms with Crippen LogP contribution in [0.15, 0.2) is 24.3 Å². The van der Waals surface area contributed by atoms with Crippen molar-refractivity contribution in [3.8, 4) is 0 Å². The molecule has 3 rings (SSSR count). The first kappa shape index (κ1) is 12.4. The highest BCUT2D eigenvalue weighted by molar-refractivity contribution is 6.01. The van der Waals surface area contributed by atoms with Gasteiger partial charge >= 0.3 is 0 Å². The van der Waals surface area contributed by atoms with Crippen LogP contribution in [0.5, 0.6) is 0 Å². The van der Waals surface area contributed by atoms with Crippen LogP contribution in [0.25, 0.3) is 0 Å². The first-order valence-electron chi connectivity index (χ1n) is 6.78. The first-order chi connectivity index (χ1) is 9.22. The molecular weight excluding hydrogens is 240 g/mol. The minimum atomic E-state index is 0.0721. The summed E-state index contributed by atoms with van der Waals surface area (Å²) in [5.41, 5.74) is 2.04. The maximum atomic E-state index is 11.8. The summed E-state index contributed by atoms with van der Waals surface area (Å²) in [6.07, 6.45) is 0. The standard InChI is InChI=1S/C14H20N4O/c1-17-7-6-15-11(8-17)9-18-10-14(19)16-12-4-2-3-5-13(12)18/h2-5,11,15H,6-10H2,1H3,(H,16,19). The Morgan fingerprint density at radius 2 is 2.21 bits per heavy atom. The van der Waals surface area contributed by atoms with Crippen LogP contribution in [0.4, 0.5) is 11.4 Å². The van der Waals surface area contributed by atoms with Gasteiger partial charge in [0.2, 0.25) is 5.91 Å². The van der Waals surface area contributed by atoms with Crippen molar-refractivity contribution in [1.29, 1.82) is 0 Å². The smallest absolute Gasteiger partial charge is 0.243 e. The van der Waals surface area contributed by atoms with Crippen LogP contribution in [0.2, 0.25) is 0 Å². The highest BCUT2D eigenvalue weighted by Gasteiger charge is 2.25. The summed E-state index contributed by atoms with van der Waals surface area (Å²) >= 11 is 0. The predicted molar refractivity (Wildman–Crippen MR) is 76.6 cm³/mol. The lowest BCUT2D eigenvalue weighted by molar-refractivity contribution is -0.115. The van der Waals surface area contributed by atoms with Gasteiger partial charge in [0, 0.05) is 32.2 Å². The number of nitrogens with one attached hydrogen (secondary N) is 2. The zero-order valence-corrected chi connectivity index (χ0v) is 11.2. The highest BCUT2D eigenvalue weighted by Crippen LogP contribution is 2.28. The number of likely N-dealkylation sites (N-methyl/N-ethyl adjacent to an activating group) is 1. The Labute approximate surface area is 113 Å². The molecule has 19 heavy (non-hydrogen) atoms. The average Bonchev–Trinajstić information content (AvgIpc) is 2.38. The van der Waals surface area contributed by atoms with E-state index >= 15 is 0 Å². The van der Waals surface area contributed by atoms with E-state index < -0.39 is 0 Å². The molecule has 1 fully saturated rings. The summed E-state index contributed by atoms with van der Waals surface area (Å²) in [5.74, 6) is 0.0721. The number of amides is 1. The van der Waals surface area contributed by atoms with E-state index in [1.54, 1.807) is 0 Å². The van der Waals surface area contributed by atoms with Gasteiger partial charge < -0.3 is 20.4 Å². The van der Waals surface area contributed by atoms with Crippen molar-refractivity contribution < 1.29 is 4.79 Å². The van der Waals surface area contributed by atoms with Gasteiger partial charge in [0.15, 0.2) is 0 Å². The van der Waals surface area contributed by atoms with E-state index in [9.17, 15) is 4.79 Å². The van der Waals surface area contributed by atoms with Crippen molar-refractivity contribution in [3.05, 3.63) is 24.3 Å². The molecule has 5 nitrogen and oxygen atoms in total. The third kappa shape index (κ3) is 2.72. The van der Waals surface area contributed by atoms with E-state index in [4.69, 9.17) is 0 Å². The second-order valence-electron chi connectivity index (χ2n) is 5.36. The molecule has 1 unspecified atom stereocenters.